The summed E-state index contributed by atoms with van der Waals surface area (Å²) >= 11 is 3.32. The standard InChI is InChI=1S/C9H15BrN4/c1-7(2)12-6-13-14-9-4-3-8(10)5-11-9/h3-5,7,12-13H,6H2,1-2H3,(H,11,14). The smallest absolute Gasteiger partial charge is 0.140 e. The van der Waals surface area contributed by atoms with Crippen LogP contribution >= 0.6 is 15.9 Å². The summed E-state index contributed by atoms with van der Waals surface area (Å²) in [5.41, 5.74) is 6.00. The number of halogens is 1. The summed E-state index contributed by atoms with van der Waals surface area (Å²) in [6, 6.07) is 4.31. The molecule has 0 bridgehead atoms. The Morgan fingerprint density at radius 3 is 2.79 bits per heavy atom. The first kappa shape index (κ1) is 11.4. The van der Waals surface area contributed by atoms with Crippen molar-refractivity contribution in [1.29, 1.82) is 0 Å². The number of nitrogens with zero attached hydrogens (tertiary/aromatic N) is 1. The predicted octanol–water partition coefficient (Wildman–Crippen LogP) is 1.72. The zero-order chi connectivity index (χ0) is 10.4. The van der Waals surface area contributed by atoms with Crippen LogP contribution < -0.4 is 16.2 Å². The molecule has 14 heavy (non-hydrogen) atoms. The summed E-state index contributed by atoms with van der Waals surface area (Å²) in [4.78, 5) is 4.15. The number of pyridine rings is 1. The molecule has 0 aromatic carbocycles. The lowest BCUT2D eigenvalue weighted by Crippen LogP contribution is -2.36. The second kappa shape index (κ2) is 5.95. The Balaban J connectivity index is 2.21. The number of nitrogens with one attached hydrogen (secondary N) is 3. The van der Waals surface area contributed by atoms with Crippen LogP contribution in [0.1, 0.15) is 13.8 Å². The molecule has 0 saturated heterocycles. The fraction of sp³-hybridized carbons (Fsp3) is 0.444. The van der Waals surface area contributed by atoms with Crippen LogP contribution in [-0.4, -0.2) is 17.7 Å². The fourth-order valence-electron chi connectivity index (χ4n) is 0.840. The number of anilines is 1. The maximum Gasteiger partial charge on any atom is 0.140 e. The van der Waals surface area contributed by atoms with E-state index in [-0.39, 0.29) is 0 Å². The molecule has 1 heterocycles. The summed E-state index contributed by atoms with van der Waals surface area (Å²) in [5.74, 6) is 0.804. The van der Waals surface area contributed by atoms with E-state index in [9.17, 15) is 0 Å². The fourth-order valence-corrected chi connectivity index (χ4v) is 1.07. The molecule has 1 aromatic heterocycles. The van der Waals surface area contributed by atoms with E-state index in [2.05, 4.69) is 50.9 Å². The summed E-state index contributed by atoms with van der Waals surface area (Å²) in [5, 5.41) is 3.22. The van der Waals surface area contributed by atoms with E-state index >= 15 is 0 Å². The van der Waals surface area contributed by atoms with Gasteiger partial charge >= 0.3 is 0 Å². The average molecular weight is 259 g/mol. The number of rotatable bonds is 5. The third-order valence-corrected chi connectivity index (χ3v) is 2.01. The Morgan fingerprint density at radius 1 is 1.43 bits per heavy atom. The summed E-state index contributed by atoms with van der Waals surface area (Å²) in [6.45, 7) is 4.90. The van der Waals surface area contributed by atoms with Crippen molar-refractivity contribution in [2.75, 3.05) is 12.1 Å². The minimum atomic E-state index is 0.474. The molecule has 0 saturated carbocycles. The molecular weight excluding hydrogens is 244 g/mol. The minimum absolute atomic E-state index is 0.474. The average Bonchev–Trinajstić information content (AvgIpc) is 2.15. The molecule has 0 fully saturated rings. The molecule has 4 nitrogen and oxygen atoms in total. The quantitative estimate of drug-likeness (QED) is 0.428. The van der Waals surface area contributed by atoms with E-state index in [4.69, 9.17) is 0 Å². The highest BCUT2D eigenvalue weighted by atomic mass is 79.9. The Bertz CT molecular complexity index is 260. The molecule has 0 spiro atoms. The summed E-state index contributed by atoms with van der Waals surface area (Å²) in [6.07, 6.45) is 1.75. The third-order valence-electron chi connectivity index (χ3n) is 1.54. The van der Waals surface area contributed by atoms with Gasteiger partial charge in [0, 0.05) is 16.7 Å². The van der Waals surface area contributed by atoms with Gasteiger partial charge in [-0.15, -0.1) is 0 Å². The SMILES string of the molecule is CC(C)NCNNc1ccc(Br)cn1. The van der Waals surface area contributed by atoms with Crippen LogP contribution in [0.25, 0.3) is 0 Å². The molecule has 0 radical (unpaired) electrons. The first-order valence-electron chi connectivity index (χ1n) is 4.52. The Hall–Kier alpha value is -0.650. The minimum Gasteiger partial charge on any atom is -0.305 e. The molecular formula is C9H15BrN4. The molecule has 0 amide bonds. The molecule has 0 atom stereocenters. The molecule has 5 heteroatoms. The van der Waals surface area contributed by atoms with Crippen molar-refractivity contribution in [3.8, 4) is 0 Å². The lowest BCUT2D eigenvalue weighted by molar-refractivity contribution is 0.553. The first-order valence-corrected chi connectivity index (χ1v) is 5.31. The highest BCUT2D eigenvalue weighted by Gasteiger charge is 1.93. The molecule has 0 aliphatic heterocycles. The van der Waals surface area contributed by atoms with Crippen LogP contribution in [0, 0.1) is 0 Å². The summed E-state index contributed by atoms with van der Waals surface area (Å²) < 4.78 is 0.975. The second-order valence-electron chi connectivity index (χ2n) is 3.20. The molecule has 1 aromatic rings. The number of hydrogen-bond acceptors (Lipinski definition) is 4. The van der Waals surface area contributed by atoms with Crippen LogP contribution in [0.2, 0.25) is 0 Å². The van der Waals surface area contributed by atoms with Crippen molar-refractivity contribution >= 4 is 21.7 Å². The van der Waals surface area contributed by atoms with Gasteiger partial charge in [-0.25, -0.2) is 10.4 Å². The van der Waals surface area contributed by atoms with E-state index in [1.165, 1.54) is 0 Å². The Kier molecular flexibility index (Phi) is 4.86. The highest BCUT2D eigenvalue weighted by Crippen LogP contribution is 2.09. The van der Waals surface area contributed by atoms with Crippen LogP contribution in [0.4, 0.5) is 5.82 Å². The molecule has 0 aliphatic rings. The van der Waals surface area contributed by atoms with Crippen molar-refractivity contribution in [3.05, 3.63) is 22.8 Å². The van der Waals surface area contributed by atoms with Gasteiger partial charge < -0.3 is 10.7 Å². The molecule has 3 N–H and O–H groups in total. The van der Waals surface area contributed by atoms with Gasteiger partial charge in [0.2, 0.25) is 0 Å². The molecule has 1 rings (SSSR count). The van der Waals surface area contributed by atoms with Gasteiger partial charge in [-0.3, -0.25) is 0 Å². The van der Waals surface area contributed by atoms with Crippen molar-refractivity contribution in [2.45, 2.75) is 19.9 Å². The van der Waals surface area contributed by atoms with Crippen molar-refractivity contribution in [2.24, 2.45) is 0 Å². The first-order chi connectivity index (χ1) is 6.68. The van der Waals surface area contributed by atoms with Crippen LogP contribution in [0.5, 0.6) is 0 Å². The predicted molar refractivity (Wildman–Crippen MR) is 61.8 cm³/mol. The zero-order valence-corrected chi connectivity index (χ0v) is 9.93. The van der Waals surface area contributed by atoms with Gasteiger partial charge in [-0.2, -0.15) is 0 Å². The topological polar surface area (TPSA) is 49.0 Å². The Labute approximate surface area is 92.6 Å². The van der Waals surface area contributed by atoms with Gasteiger partial charge in [-0.1, -0.05) is 0 Å². The lowest BCUT2D eigenvalue weighted by Gasteiger charge is -2.10. The van der Waals surface area contributed by atoms with Crippen LogP contribution in [-0.2, 0) is 0 Å². The van der Waals surface area contributed by atoms with E-state index in [0.29, 0.717) is 12.7 Å². The number of hydrogen-bond donors (Lipinski definition) is 3. The van der Waals surface area contributed by atoms with Crippen molar-refractivity contribution in [1.82, 2.24) is 15.7 Å². The maximum absolute atomic E-state index is 4.15. The molecule has 0 aliphatic carbocycles. The van der Waals surface area contributed by atoms with E-state index in [1.807, 2.05) is 12.1 Å². The van der Waals surface area contributed by atoms with E-state index in [1.54, 1.807) is 6.20 Å². The van der Waals surface area contributed by atoms with E-state index in [0.717, 1.165) is 10.3 Å². The third kappa shape index (κ3) is 4.55. The monoisotopic (exact) mass is 258 g/mol. The normalized spacial score (nSPS) is 10.6. The number of aromatic nitrogens is 1. The summed E-state index contributed by atoms with van der Waals surface area (Å²) in [7, 11) is 0. The van der Waals surface area contributed by atoms with Crippen molar-refractivity contribution in [3.63, 3.8) is 0 Å². The lowest BCUT2D eigenvalue weighted by atomic mass is 10.4. The Morgan fingerprint density at radius 2 is 2.21 bits per heavy atom. The zero-order valence-electron chi connectivity index (χ0n) is 8.34. The van der Waals surface area contributed by atoms with Gasteiger partial charge in [0.15, 0.2) is 0 Å². The molecule has 78 valence electrons. The van der Waals surface area contributed by atoms with Gasteiger partial charge in [-0.05, 0) is 41.9 Å². The molecule has 0 unspecified atom stereocenters. The van der Waals surface area contributed by atoms with Crippen molar-refractivity contribution < 1.29 is 0 Å². The van der Waals surface area contributed by atoms with Gasteiger partial charge in [0.25, 0.3) is 0 Å². The second-order valence-corrected chi connectivity index (χ2v) is 4.11. The van der Waals surface area contributed by atoms with Gasteiger partial charge in [0.05, 0.1) is 6.67 Å². The van der Waals surface area contributed by atoms with Crippen LogP contribution in [0.15, 0.2) is 22.8 Å². The number of hydrazine groups is 1. The highest BCUT2D eigenvalue weighted by molar-refractivity contribution is 9.10. The van der Waals surface area contributed by atoms with Gasteiger partial charge in [0.1, 0.15) is 5.82 Å². The van der Waals surface area contributed by atoms with E-state index < -0.39 is 0 Å². The largest absolute Gasteiger partial charge is 0.305 e. The maximum atomic E-state index is 4.15. The van der Waals surface area contributed by atoms with Crippen LogP contribution in [0.3, 0.4) is 0 Å².